The van der Waals surface area contributed by atoms with Gasteiger partial charge in [0.15, 0.2) is 0 Å². The lowest BCUT2D eigenvalue weighted by molar-refractivity contribution is 0.123. The molecule has 0 radical (unpaired) electrons. The molecular formula is C12H14O. The Morgan fingerprint density at radius 2 is 1.92 bits per heavy atom. The van der Waals surface area contributed by atoms with Gasteiger partial charge in [0.2, 0.25) is 0 Å². The molecule has 0 fully saturated rings. The van der Waals surface area contributed by atoms with Crippen LogP contribution in [-0.4, -0.2) is 10.7 Å². The Labute approximate surface area is 79.4 Å². The van der Waals surface area contributed by atoms with Crippen LogP contribution in [0, 0.1) is 11.8 Å². The lowest BCUT2D eigenvalue weighted by atomic mass is 9.97. The minimum absolute atomic E-state index is 0.578. The molecule has 0 amide bonds. The van der Waals surface area contributed by atoms with Gasteiger partial charge in [-0.05, 0) is 19.4 Å². The lowest BCUT2D eigenvalue weighted by Crippen LogP contribution is -2.24. The van der Waals surface area contributed by atoms with Crippen molar-refractivity contribution >= 4 is 0 Å². The van der Waals surface area contributed by atoms with E-state index in [1.807, 2.05) is 30.3 Å². The van der Waals surface area contributed by atoms with E-state index in [1.54, 1.807) is 13.8 Å². The van der Waals surface area contributed by atoms with E-state index in [1.165, 1.54) is 0 Å². The molecule has 0 saturated heterocycles. The second kappa shape index (κ2) is 4.11. The van der Waals surface area contributed by atoms with Gasteiger partial charge in [0, 0.05) is 6.42 Å². The first-order chi connectivity index (χ1) is 6.14. The molecule has 0 aromatic heterocycles. The summed E-state index contributed by atoms with van der Waals surface area (Å²) in [6, 6.07) is 9.87. The van der Waals surface area contributed by atoms with Gasteiger partial charge in [-0.1, -0.05) is 36.3 Å². The maximum absolute atomic E-state index is 9.79. The molecule has 0 aliphatic heterocycles. The summed E-state index contributed by atoms with van der Waals surface area (Å²) in [6.45, 7) is 3.47. The number of rotatable bonds is 2. The summed E-state index contributed by atoms with van der Waals surface area (Å²) < 4.78 is 0. The second-order valence-corrected chi connectivity index (χ2v) is 3.31. The van der Waals surface area contributed by atoms with Crippen LogP contribution in [0.2, 0.25) is 0 Å². The SMILES string of the molecule is CC#CC(C)(O)Cc1ccccc1. The normalized spacial score (nSPS) is 14.1. The molecule has 68 valence electrons. The van der Waals surface area contributed by atoms with Crippen LogP contribution >= 0.6 is 0 Å². The first kappa shape index (κ1) is 9.83. The Morgan fingerprint density at radius 3 is 2.46 bits per heavy atom. The van der Waals surface area contributed by atoms with Gasteiger partial charge in [0.1, 0.15) is 5.60 Å². The topological polar surface area (TPSA) is 20.2 Å². The van der Waals surface area contributed by atoms with Crippen LogP contribution < -0.4 is 0 Å². The molecule has 0 bridgehead atoms. The summed E-state index contributed by atoms with van der Waals surface area (Å²) in [7, 11) is 0. The van der Waals surface area contributed by atoms with Crippen molar-refractivity contribution in [1.29, 1.82) is 0 Å². The van der Waals surface area contributed by atoms with Crippen LogP contribution in [0.15, 0.2) is 30.3 Å². The summed E-state index contributed by atoms with van der Waals surface area (Å²) in [6.07, 6.45) is 0.578. The highest BCUT2D eigenvalue weighted by atomic mass is 16.3. The van der Waals surface area contributed by atoms with Crippen molar-refractivity contribution in [3.05, 3.63) is 35.9 Å². The Bertz CT molecular complexity index is 314. The summed E-state index contributed by atoms with van der Waals surface area (Å²) in [5, 5.41) is 9.79. The molecule has 0 aliphatic rings. The van der Waals surface area contributed by atoms with E-state index in [-0.39, 0.29) is 0 Å². The van der Waals surface area contributed by atoms with Gasteiger partial charge >= 0.3 is 0 Å². The maximum Gasteiger partial charge on any atom is 0.126 e. The minimum atomic E-state index is -0.907. The zero-order valence-electron chi connectivity index (χ0n) is 8.04. The summed E-state index contributed by atoms with van der Waals surface area (Å²) >= 11 is 0. The van der Waals surface area contributed by atoms with Crippen LogP contribution in [0.25, 0.3) is 0 Å². The highest BCUT2D eigenvalue weighted by molar-refractivity contribution is 5.22. The Hall–Kier alpha value is -1.26. The highest BCUT2D eigenvalue weighted by Gasteiger charge is 2.16. The first-order valence-electron chi connectivity index (χ1n) is 4.34. The third-order valence-corrected chi connectivity index (χ3v) is 1.79. The van der Waals surface area contributed by atoms with Gasteiger partial charge in [-0.3, -0.25) is 0 Å². The number of hydrogen-bond donors (Lipinski definition) is 1. The molecule has 1 heteroatoms. The highest BCUT2D eigenvalue weighted by Crippen LogP contribution is 2.11. The smallest absolute Gasteiger partial charge is 0.126 e. The minimum Gasteiger partial charge on any atom is -0.378 e. The van der Waals surface area contributed by atoms with Gasteiger partial charge in [-0.15, -0.1) is 5.92 Å². The van der Waals surface area contributed by atoms with E-state index in [0.717, 1.165) is 5.56 Å². The predicted octanol–water partition coefficient (Wildman–Crippen LogP) is 2.00. The van der Waals surface area contributed by atoms with Crippen molar-refractivity contribution in [1.82, 2.24) is 0 Å². The van der Waals surface area contributed by atoms with E-state index in [0.29, 0.717) is 6.42 Å². The first-order valence-corrected chi connectivity index (χ1v) is 4.34. The van der Waals surface area contributed by atoms with Crippen molar-refractivity contribution in [3.8, 4) is 11.8 Å². The Balaban J connectivity index is 2.73. The van der Waals surface area contributed by atoms with E-state index in [4.69, 9.17) is 0 Å². The molecule has 1 nitrogen and oxygen atoms in total. The zero-order chi connectivity index (χ0) is 9.73. The van der Waals surface area contributed by atoms with Gasteiger partial charge in [-0.2, -0.15) is 0 Å². The van der Waals surface area contributed by atoms with Crippen LogP contribution in [0.4, 0.5) is 0 Å². The van der Waals surface area contributed by atoms with Crippen molar-refractivity contribution in [3.63, 3.8) is 0 Å². The van der Waals surface area contributed by atoms with Crippen molar-refractivity contribution < 1.29 is 5.11 Å². The number of hydrogen-bond acceptors (Lipinski definition) is 1. The van der Waals surface area contributed by atoms with E-state index < -0.39 is 5.60 Å². The fraction of sp³-hybridized carbons (Fsp3) is 0.333. The van der Waals surface area contributed by atoms with Gasteiger partial charge in [0.05, 0.1) is 0 Å². The van der Waals surface area contributed by atoms with Gasteiger partial charge in [0.25, 0.3) is 0 Å². The molecule has 13 heavy (non-hydrogen) atoms. The van der Waals surface area contributed by atoms with Gasteiger partial charge < -0.3 is 5.11 Å². The molecule has 1 N–H and O–H groups in total. The maximum atomic E-state index is 9.79. The van der Waals surface area contributed by atoms with Gasteiger partial charge in [-0.25, -0.2) is 0 Å². The van der Waals surface area contributed by atoms with E-state index >= 15 is 0 Å². The molecule has 1 unspecified atom stereocenters. The van der Waals surface area contributed by atoms with Crippen LogP contribution in [0.3, 0.4) is 0 Å². The molecule has 1 aromatic carbocycles. The quantitative estimate of drug-likeness (QED) is 0.680. The van der Waals surface area contributed by atoms with Crippen molar-refractivity contribution in [2.24, 2.45) is 0 Å². The Kier molecular flexibility index (Phi) is 3.11. The average molecular weight is 174 g/mol. The Morgan fingerprint density at radius 1 is 1.31 bits per heavy atom. The molecule has 1 rings (SSSR count). The monoisotopic (exact) mass is 174 g/mol. The molecule has 1 atom stereocenters. The zero-order valence-corrected chi connectivity index (χ0v) is 8.04. The average Bonchev–Trinajstić information content (AvgIpc) is 2.04. The van der Waals surface area contributed by atoms with Crippen LogP contribution in [-0.2, 0) is 6.42 Å². The number of benzene rings is 1. The van der Waals surface area contributed by atoms with E-state index in [2.05, 4.69) is 11.8 Å². The molecular weight excluding hydrogens is 160 g/mol. The van der Waals surface area contributed by atoms with E-state index in [9.17, 15) is 5.11 Å². The predicted molar refractivity (Wildman–Crippen MR) is 54.2 cm³/mol. The third kappa shape index (κ3) is 3.31. The van der Waals surface area contributed by atoms with Crippen molar-refractivity contribution in [2.45, 2.75) is 25.9 Å². The third-order valence-electron chi connectivity index (χ3n) is 1.79. The fourth-order valence-corrected chi connectivity index (χ4v) is 1.31. The molecule has 0 spiro atoms. The molecule has 0 heterocycles. The fourth-order valence-electron chi connectivity index (χ4n) is 1.31. The second-order valence-electron chi connectivity index (χ2n) is 3.31. The molecule has 0 saturated carbocycles. The molecule has 1 aromatic rings. The van der Waals surface area contributed by atoms with Crippen LogP contribution in [0.5, 0.6) is 0 Å². The largest absolute Gasteiger partial charge is 0.378 e. The van der Waals surface area contributed by atoms with Crippen LogP contribution in [0.1, 0.15) is 19.4 Å². The number of aliphatic hydroxyl groups is 1. The lowest BCUT2D eigenvalue weighted by Gasteiger charge is -2.15. The molecule has 0 aliphatic carbocycles. The summed E-state index contributed by atoms with van der Waals surface area (Å²) in [5.41, 5.74) is 0.200. The standard InChI is InChI=1S/C12H14O/c1-3-9-12(2,13)10-11-7-5-4-6-8-11/h4-8,13H,10H2,1-2H3. The van der Waals surface area contributed by atoms with Crippen molar-refractivity contribution in [2.75, 3.05) is 0 Å². The summed E-state index contributed by atoms with van der Waals surface area (Å²) in [5.74, 6) is 5.50. The summed E-state index contributed by atoms with van der Waals surface area (Å²) in [4.78, 5) is 0.